The van der Waals surface area contributed by atoms with Gasteiger partial charge in [-0.15, -0.1) is 6.42 Å². The zero-order valence-electron chi connectivity index (χ0n) is 15.0. The molecule has 0 atom stereocenters. The van der Waals surface area contributed by atoms with E-state index in [9.17, 15) is 13.2 Å². The summed E-state index contributed by atoms with van der Waals surface area (Å²) in [5.41, 5.74) is 0. The number of benzene rings is 1. The first-order valence-corrected chi connectivity index (χ1v) is 10.3. The summed E-state index contributed by atoms with van der Waals surface area (Å²) >= 11 is 0. The van der Waals surface area contributed by atoms with Gasteiger partial charge in [0.15, 0.2) is 9.84 Å². The van der Waals surface area contributed by atoms with Crippen LogP contribution in [-0.2, 0) is 19.4 Å². The number of hydrogen-bond acceptors (Lipinski definition) is 5. The van der Waals surface area contributed by atoms with Crippen LogP contribution in [0.4, 0.5) is 0 Å². The van der Waals surface area contributed by atoms with E-state index in [1.807, 2.05) is 0 Å². The lowest BCUT2D eigenvalue weighted by atomic mass is 9.97. The van der Waals surface area contributed by atoms with Crippen LogP contribution < -0.4 is 4.74 Å². The molecule has 1 saturated heterocycles. The Bertz CT molecular complexity index is 728. The minimum absolute atomic E-state index is 0.00732. The van der Waals surface area contributed by atoms with Crippen molar-refractivity contribution in [1.82, 2.24) is 4.90 Å². The monoisotopic (exact) mass is 379 g/mol. The van der Waals surface area contributed by atoms with Gasteiger partial charge in [0.25, 0.3) is 0 Å². The van der Waals surface area contributed by atoms with Gasteiger partial charge in [-0.3, -0.25) is 4.79 Å². The molecule has 6 nitrogen and oxygen atoms in total. The lowest BCUT2D eigenvalue weighted by Gasteiger charge is -2.31. The Balaban J connectivity index is 1.80. The van der Waals surface area contributed by atoms with E-state index in [0.29, 0.717) is 38.0 Å². The minimum atomic E-state index is -3.49. The lowest BCUT2D eigenvalue weighted by molar-refractivity contribution is -0.132. The van der Waals surface area contributed by atoms with Crippen LogP contribution in [0.3, 0.4) is 0 Å². The first-order valence-electron chi connectivity index (χ1n) is 8.62. The van der Waals surface area contributed by atoms with Crippen molar-refractivity contribution in [2.24, 2.45) is 5.92 Å². The van der Waals surface area contributed by atoms with Gasteiger partial charge in [0.1, 0.15) is 12.4 Å². The number of rotatable bonds is 8. The molecule has 1 fully saturated rings. The Morgan fingerprint density at radius 3 is 2.50 bits per heavy atom. The summed E-state index contributed by atoms with van der Waals surface area (Å²) in [4.78, 5) is 14.3. The van der Waals surface area contributed by atoms with Crippen molar-refractivity contribution in [1.29, 1.82) is 0 Å². The smallest absolute Gasteiger partial charge is 0.223 e. The molecule has 1 aromatic carbocycles. The molecule has 0 unspecified atom stereocenters. The molecule has 1 aliphatic heterocycles. The molecule has 1 aromatic rings. The van der Waals surface area contributed by atoms with Crippen molar-refractivity contribution in [3.63, 3.8) is 0 Å². The molecule has 142 valence electrons. The number of hydrogen-bond donors (Lipinski definition) is 0. The third-order valence-corrected chi connectivity index (χ3v) is 6.24. The van der Waals surface area contributed by atoms with Crippen molar-refractivity contribution < 1.29 is 22.7 Å². The third kappa shape index (κ3) is 5.75. The zero-order valence-corrected chi connectivity index (χ0v) is 15.8. The molecule has 0 N–H and O–H groups in total. The van der Waals surface area contributed by atoms with E-state index in [2.05, 4.69) is 5.92 Å². The van der Waals surface area contributed by atoms with Gasteiger partial charge >= 0.3 is 0 Å². The van der Waals surface area contributed by atoms with Crippen LogP contribution in [0, 0.1) is 18.3 Å². The Morgan fingerprint density at radius 2 is 1.92 bits per heavy atom. The van der Waals surface area contributed by atoms with Crippen LogP contribution in [-0.4, -0.2) is 58.4 Å². The standard InChI is InChI=1S/C19H25NO5S/c1-3-13-25-15-16-8-11-20(12-9-16)19(21)10-14-26(22,23)18-6-4-17(24-2)5-7-18/h1,4-7,16H,8-15H2,2H3. The van der Waals surface area contributed by atoms with Gasteiger partial charge in [-0.25, -0.2) is 8.42 Å². The summed E-state index contributed by atoms with van der Waals surface area (Å²) in [6.07, 6.45) is 6.84. The largest absolute Gasteiger partial charge is 0.497 e. The minimum Gasteiger partial charge on any atom is -0.497 e. The average molecular weight is 379 g/mol. The quantitative estimate of drug-likeness (QED) is 0.508. The van der Waals surface area contributed by atoms with Crippen LogP contribution in [0.25, 0.3) is 0 Å². The van der Waals surface area contributed by atoms with E-state index < -0.39 is 9.84 Å². The third-order valence-electron chi connectivity index (χ3n) is 4.51. The van der Waals surface area contributed by atoms with Crippen LogP contribution in [0.2, 0.25) is 0 Å². The zero-order chi connectivity index (χ0) is 19.0. The van der Waals surface area contributed by atoms with Crippen LogP contribution >= 0.6 is 0 Å². The molecule has 2 rings (SSSR count). The fraction of sp³-hybridized carbons (Fsp3) is 0.526. The summed E-state index contributed by atoms with van der Waals surface area (Å²) in [6, 6.07) is 6.20. The molecule has 0 aromatic heterocycles. The van der Waals surface area contributed by atoms with Crippen molar-refractivity contribution >= 4 is 15.7 Å². The number of methoxy groups -OCH3 is 1. The Labute approximate surface area is 155 Å². The molecule has 0 saturated carbocycles. The number of piperidine rings is 1. The number of likely N-dealkylation sites (tertiary alicyclic amines) is 1. The van der Waals surface area contributed by atoms with Crippen molar-refractivity contribution in [2.45, 2.75) is 24.2 Å². The molecule has 1 heterocycles. The lowest BCUT2D eigenvalue weighted by Crippen LogP contribution is -2.40. The molecular formula is C19H25NO5S. The second kappa shape index (κ2) is 9.60. The van der Waals surface area contributed by atoms with Crippen LogP contribution in [0.5, 0.6) is 5.75 Å². The highest BCUT2D eigenvalue weighted by atomic mass is 32.2. The van der Waals surface area contributed by atoms with Gasteiger partial charge in [0.2, 0.25) is 5.91 Å². The highest BCUT2D eigenvalue weighted by Gasteiger charge is 2.24. The maximum absolute atomic E-state index is 12.4. The summed E-state index contributed by atoms with van der Waals surface area (Å²) in [5, 5.41) is 0. The van der Waals surface area contributed by atoms with Crippen LogP contribution in [0.1, 0.15) is 19.3 Å². The number of amides is 1. The number of carbonyl (C=O) groups is 1. The number of sulfone groups is 1. The molecule has 0 bridgehead atoms. The molecule has 26 heavy (non-hydrogen) atoms. The Kier molecular flexibility index (Phi) is 7.49. The molecular weight excluding hydrogens is 354 g/mol. The highest BCUT2D eigenvalue weighted by molar-refractivity contribution is 7.91. The molecule has 1 aliphatic rings. The van der Waals surface area contributed by atoms with Gasteiger partial charge in [-0.1, -0.05) is 5.92 Å². The molecule has 0 spiro atoms. The maximum atomic E-state index is 12.4. The Hall–Kier alpha value is -2.04. The summed E-state index contributed by atoms with van der Waals surface area (Å²) in [6.45, 7) is 2.18. The second-order valence-electron chi connectivity index (χ2n) is 6.29. The Morgan fingerprint density at radius 1 is 1.27 bits per heavy atom. The predicted octanol–water partition coefficient (Wildman–Crippen LogP) is 1.75. The number of carbonyl (C=O) groups excluding carboxylic acids is 1. The van der Waals surface area contributed by atoms with Gasteiger partial charge in [0.05, 0.1) is 24.4 Å². The summed E-state index contributed by atoms with van der Waals surface area (Å²) < 4.78 is 35.1. The van der Waals surface area contributed by atoms with Gasteiger partial charge < -0.3 is 14.4 Å². The van der Waals surface area contributed by atoms with E-state index in [1.165, 1.54) is 19.2 Å². The average Bonchev–Trinajstić information content (AvgIpc) is 2.67. The normalized spacial score (nSPS) is 15.5. The van der Waals surface area contributed by atoms with Gasteiger partial charge in [-0.2, -0.15) is 0 Å². The van der Waals surface area contributed by atoms with Gasteiger partial charge in [0, 0.05) is 19.5 Å². The summed E-state index contributed by atoms with van der Waals surface area (Å²) in [5.74, 6) is 3.11. The van der Waals surface area contributed by atoms with E-state index in [1.54, 1.807) is 17.0 Å². The van der Waals surface area contributed by atoms with Crippen LogP contribution in [0.15, 0.2) is 29.2 Å². The SMILES string of the molecule is C#CCOCC1CCN(C(=O)CCS(=O)(=O)c2ccc(OC)cc2)CC1. The van der Waals surface area contributed by atoms with Crippen molar-refractivity contribution in [2.75, 3.05) is 39.2 Å². The number of nitrogens with zero attached hydrogens (tertiary/aromatic N) is 1. The second-order valence-corrected chi connectivity index (χ2v) is 8.40. The molecule has 1 amide bonds. The maximum Gasteiger partial charge on any atom is 0.223 e. The molecule has 0 radical (unpaired) electrons. The summed E-state index contributed by atoms with van der Waals surface area (Å²) in [7, 11) is -1.97. The fourth-order valence-electron chi connectivity index (χ4n) is 2.91. The topological polar surface area (TPSA) is 72.9 Å². The molecule has 7 heteroatoms. The molecule has 0 aliphatic carbocycles. The first-order chi connectivity index (χ1) is 12.5. The first kappa shape index (κ1) is 20.3. The predicted molar refractivity (Wildman–Crippen MR) is 98.6 cm³/mol. The van der Waals surface area contributed by atoms with E-state index in [0.717, 1.165) is 12.8 Å². The van der Waals surface area contributed by atoms with Crippen molar-refractivity contribution in [3.05, 3.63) is 24.3 Å². The fourth-order valence-corrected chi connectivity index (χ4v) is 4.14. The van der Waals surface area contributed by atoms with E-state index in [-0.39, 0.29) is 23.0 Å². The number of ether oxygens (including phenoxy) is 2. The number of terminal acetylenes is 1. The highest BCUT2D eigenvalue weighted by Crippen LogP contribution is 2.20. The van der Waals surface area contributed by atoms with Crippen molar-refractivity contribution in [3.8, 4) is 18.1 Å². The van der Waals surface area contributed by atoms with Gasteiger partial charge in [-0.05, 0) is 43.0 Å². The van der Waals surface area contributed by atoms with E-state index >= 15 is 0 Å². The van der Waals surface area contributed by atoms with E-state index in [4.69, 9.17) is 15.9 Å².